The van der Waals surface area contributed by atoms with E-state index in [2.05, 4.69) is 40.6 Å². The second kappa shape index (κ2) is 6.68. The third-order valence-corrected chi connectivity index (χ3v) is 4.97. The third-order valence-electron chi connectivity index (χ3n) is 4.97. The van der Waals surface area contributed by atoms with Gasteiger partial charge in [0.1, 0.15) is 0 Å². The molecule has 2 aliphatic heterocycles. The van der Waals surface area contributed by atoms with Gasteiger partial charge in [-0.05, 0) is 69.3 Å². The molecule has 0 radical (unpaired) electrons. The van der Waals surface area contributed by atoms with Gasteiger partial charge in [0.15, 0.2) is 0 Å². The van der Waals surface area contributed by atoms with Crippen LogP contribution in [0.25, 0.3) is 0 Å². The molecule has 2 fully saturated rings. The maximum Gasteiger partial charge on any atom is 0.0335 e. The second-order valence-corrected chi connectivity index (χ2v) is 6.37. The minimum Gasteiger partial charge on any atom is -0.316 e. The number of pyridine rings is 1. The molecule has 20 heavy (non-hydrogen) atoms. The highest BCUT2D eigenvalue weighted by Gasteiger charge is 2.20. The molecule has 0 bridgehead atoms. The van der Waals surface area contributed by atoms with Crippen LogP contribution in [0.4, 0.5) is 0 Å². The Morgan fingerprint density at radius 1 is 1.20 bits per heavy atom. The Morgan fingerprint density at radius 3 is 2.80 bits per heavy atom. The zero-order valence-electron chi connectivity index (χ0n) is 12.6. The Bertz CT molecular complexity index is 420. The largest absolute Gasteiger partial charge is 0.316 e. The molecule has 2 saturated heterocycles. The molecule has 0 aromatic carbocycles. The molecule has 0 aliphatic carbocycles. The van der Waals surface area contributed by atoms with Crippen LogP contribution in [-0.2, 0) is 0 Å². The summed E-state index contributed by atoms with van der Waals surface area (Å²) in [5.41, 5.74) is 2.83. The number of likely N-dealkylation sites (tertiary alicyclic amines) is 1. The SMILES string of the molecule is CC(c1cncc(C2CCCNC2)c1)N1CCCCC1. The molecule has 2 unspecified atom stereocenters. The van der Waals surface area contributed by atoms with Gasteiger partial charge < -0.3 is 5.32 Å². The first-order valence-electron chi connectivity index (χ1n) is 8.24. The van der Waals surface area contributed by atoms with Crippen molar-refractivity contribution in [3.8, 4) is 0 Å². The van der Waals surface area contributed by atoms with Crippen molar-refractivity contribution < 1.29 is 0 Å². The first-order valence-corrected chi connectivity index (χ1v) is 8.24. The van der Waals surface area contributed by atoms with Crippen LogP contribution in [0.1, 0.15) is 62.1 Å². The topological polar surface area (TPSA) is 28.2 Å². The van der Waals surface area contributed by atoms with Gasteiger partial charge in [-0.25, -0.2) is 0 Å². The summed E-state index contributed by atoms with van der Waals surface area (Å²) in [6, 6.07) is 2.92. The molecule has 0 saturated carbocycles. The van der Waals surface area contributed by atoms with Crippen molar-refractivity contribution in [2.45, 2.75) is 51.0 Å². The number of hydrogen-bond donors (Lipinski definition) is 1. The molecule has 0 amide bonds. The van der Waals surface area contributed by atoms with Gasteiger partial charge in [0, 0.05) is 25.0 Å². The van der Waals surface area contributed by atoms with Crippen molar-refractivity contribution in [2.75, 3.05) is 26.2 Å². The lowest BCUT2D eigenvalue weighted by molar-refractivity contribution is 0.174. The van der Waals surface area contributed by atoms with Crippen molar-refractivity contribution in [3.05, 3.63) is 29.6 Å². The number of nitrogens with zero attached hydrogens (tertiary/aromatic N) is 2. The van der Waals surface area contributed by atoms with Gasteiger partial charge in [-0.2, -0.15) is 0 Å². The maximum atomic E-state index is 4.52. The number of hydrogen-bond acceptors (Lipinski definition) is 3. The smallest absolute Gasteiger partial charge is 0.0335 e. The second-order valence-electron chi connectivity index (χ2n) is 6.37. The number of piperidine rings is 2. The van der Waals surface area contributed by atoms with Gasteiger partial charge in [0.05, 0.1) is 0 Å². The Hall–Kier alpha value is -0.930. The monoisotopic (exact) mass is 273 g/mol. The van der Waals surface area contributed by atoms with Crippen LogP contribution in [0.5, 0.6) is 0 Å². The highest BCUT2D eigenvalue weighted by molar-refractivity contribution is 5.24. The Morgan fingerprint density at radius 2 is 2.05 bits per heavy atom. The van der Waals surface area contributed by atoms with E-state index in [9.17, 15) is 0 Å². The zero-order valence-corrected chi connectivity index (χ0v) is 12.6. The Labute approximate surface area is 122 Å². The average molecular weight is 273 g/mol. The zero-order chi connectivity index (χ0) is 13.8. The lowest BCUT2D eigenvalue weighted by Gasteiger charge is -2.33. The summed E-state index contributed by atoms with van der Waals surface area (Å²) < 4.78 is 0. The molecule has 1 aromatic heterocycles. The molecule has 3 heterocycles. The first-order chi connectivity index (χ1) is 9.84. The molecule has 3 heteroatoms. The van der Waals surface area contributed by atoms with Gasteiger partial charge in [0.2, 0.25) is 0 Å². The quantitative estimate of drug-likeness (QED) is 0.917. The van der Waals surface area contributed by atoms with E-state index >= 15 is 0 Å². The van der Waals surface area contributed by atoms with Crippen molar-refractivity contribution >= 4 is 0 Å². The molecule has 2 atom stereocenters. The van der Waals surface area contributed by atoms with E-state index in [-0.39, 0.29) is 0 Å². The van der Waals surface area contributed by atoms with E-state index < -0.39 is 0 Å². The summed E-state index contributed by atoms with van der Waals surface area (Å²) >= 11 is 0. The fourth-order valence-corrected chi connectivity index (χ4v) is 3.58. The van der Waals surface area contributed by atoms with E-state index in [4.69, 9.17) is 0 Å². The van der Waals surface area contributed by atoms with E-state index in [1.807, 2.05) is 0 Å². The van der Waals surface area contributed by atoms with Crippen molar-refractivity contribution in [1.29, 1.82) is 0 Å². The predicted molar refractivity (Wildman–Crippen MR) is 82.9 cm³/mol. The fraction of sp³-hybridized carbons (Fsp3) is 0.706. The van der Waals surface area contributed by atoms with Crippen molar-refractivity contribution in [3.63, 3.8) is 0 Å². The van der Waals surface area contributed by atoms with Crippen molar-refractivity contribution in [2.24, 2.45) is 0 Å². The third kappa shape index (κ3) is 3.21. The van der Waals surface area contributed by atoms with E-state index in [0.29, 0.717) is 12.0 Å². The fourth-order valence-electron chi connectivity index (χ4n) is 3.58. The van der Waals surface area contributed by atoms with Crippen LogP contribution >= 0.6 is 0 Å². The van der Waals surface area contributed by atoms with Crippen LogP contribution in [0, 0.1) is 0 Å². The molecule has 1 aromatic rings. The maximum absolute atomic E-state index is 4.52. The summed E-state index contributed by atoms with van der Waals surface area (Å²) in [5.74, 6) is 0.657. The lowest BCUT2D eigenvalue weighted by atomic mass is 9.91. The molecule has 1 N–H and O–H groups in total. The molecule has 3 rings (SSSR count). The lowest BCUT2D eigenvalue weighted by Crippen LogP contribution is -2.32. The number of aromatic nitrogens is 1. The summed E-state index contributed by atoms with van der Waals surface area (Å²) in [6.45, 7) is 7.12. The molecule has 0 spiro atoms. The predicted octanol–water partition coefficient (Wildman–Crippen LogP) is 3.10. The highest BCUT2D eigenvalue weighted by Crippen LogP contribution is 2.28. The average Bonchev–Trinajstić information content (AvgIpc) is 2.56. The summed E-state index contributed by atoms with van der Waals surface area (Å²) in [5, 5.41) is 3.51. The van der Waals surface area contributed by atoms with E-state index in [0.717, 1.165) is 6.54 Å². The van der Waals surface area contributed by atoms with E-state index in [1.54, 1.807) is 0 Å². The molecular weight excluding hydrogens is 246 g/mol. The molecule has 110 valence electrons. The molecule has 3 nitrogen and oxygen atoms in total. The Kier molecular flexibility index (Phi) is 4.69. The van der Waals surface area contributed by atoms with Gasteiger partial charge >= 0.3 is 0 Å². The van der Waals surface area contributed by atoms with Gasteiger partial charge in [-0.15, -0.1) is 0 Å². The standard InChI is InChI=1S/C17H27N3/c1-14(20-8-3-2-4-9-20)16-10-17(13-19-12-16)15-6-5-7-18-11-15/h10,12-15,18H,2-9,11H2,1H3. The number of nitrogens with one attached hydrogen (secondary N) is 1. The van der Waals surface area contributed by atoms with Crippen molar-refractivity contribution in [1.82, 2.24) is 15.2 Å². The molecular formula is C17H27N3. The van der Waals surface area contributed by atoms with Crippen LogP contribution < -0.4 is 5.32 Å². The van der Waals surface area contributed by atoms with Gasteiger partial charge in [0.25, 0.3) is 0 Å². The van der Waals surface area contributed by atoms with Crippen LogP contribution in [-0.4, -0.2) is 36.1 Å². The minimum absolute atomic E-state index is 0.513. The minimum atomic E-state index is 0.513. The van der Waals surface area contributed by atoms with Gasteiger partial charge in [-0.1, -0.05) is 12.5 Å². The van der Waals surface area contributed by atoms with Crippen LogP contribution in [0.2, 0.25) is 0 Å². The normalized spacial score (nSPS) is 26.4. The summed E-state index contributed by atoms with van der Waals surface area (Å²) in [6.07, 6.45) is 10.8. The highest BCUT2D eigenvalue weighted by atomic mass is 15.2. The van der Waals surface area contributed by atoms with E-state index in [1.165, 1.54) is 62.9 Å². The first kappa shape index (κ1) is 14.0. The molecule has 2 aliphatic rings. The number of rotatable bonds is 3. The Balaban J connectivity index is 1.72. The summed E-state index contributed by atoms with van der Waals surface area (Å²) in [4.78, 5) is 7.14. The van der Waals surface area contributed by atoms with Crippen LogP contribution in [0.3, 0.4) is 0 Å². The summed E-state index contributed by atoms with van der Waals surface area (Å²) in [7, 11) is 0. The van der Waals surface area contributed by atoms with Gasteiger partial charge in [-0.3, -0.25) is 9.88 Å². The van der Waals surface area contributed by atoms with Crippen LogP contribution in [0.15, 0.2) is 18.5 Å².